The molecule has 3 rings (SSSR count). The van der Waals surface area contributed by atoms with Crippen LogP contribution in [0.1, 0.15) is 32.6 Å². The van der Waals surface area contributed by atoms with E-state index in [0.29, 0.717) is 12.1 Å². The van der Waals surface area contributed by atoms with E-state index in [1.807, 2.05) is 44.2 Å². The van der Waals surface area contributed by atoms with Gasteiger partial charge in [-0.2, -0.15) is 0 Å². The number of aryl methyl sites for hydroxylation is 2. The van der Waals surface area contributed by atoms with Crippen molar-refractivity contribution in [3.63, 3.8) is 0 Å². The van der Waals surface area contributed by atoms with Gasteiger partial charge in [0, 0.05) is 44.8 Å². The monoisotopic (exact) mass is 408 g/mol. The number of rotatable bonds is 7. The highest BCUT2D eigenvalue weighted by Gasteiger charge is 2.14. The molecule has 0 aromatic heterocycles. The fraction of sp³-hybridized carbons (Fsp3) is 0.417. The van der Waals surface area contributed by atoms with Crippen molar-refractivity contribution in [3.8, 4) is 0 Å². The van der Waals surface area contributed by atoms with Crippen LogP contribution in [0.15, 0.2) is 42.5 Å². The number of likely N-dealkylation sites (N-methyl/N-ethyl adjacent to an activating group) is 1. The third-order valence-electron chi connectivity index (χ3n) is 5.38. The minimum atomic E-state index is -0.230. The molecule has 1 saturated heterocycles. The van der Waals surface area contributed by atoms with Crippen LogP contribution in [0.25, 0.3) is 0 Å². The van der Waals surface area contributed by atoms with Crippen LogP contribution < -0.4 is 10.6 Å². The van der Waals surface area contributed by atoms with Crippen molar-refractivity contribution in [3.05, 3.63) is 70.3 Å². The molecule has 2 aromatic carbocycles. The topological polar surface area (TPSA) is 64.7 Å². The maximum atomic E-state index is 12.3. The van der Waals surface area contributed by atoms with E-state index in [1.54, 1.807) is 0 Å². The number of amides is 2. The molecule has 6 nitrogen and oxygen atoms in total. The van der Waals surface area contributed by atoms with Crippen LogP contribution >= 0.6 is 0 Å². The van der Waals surface area contributed by atoms with Gasteiger partial charge in [0.05, 0.1) is 6.54 Å². The number of piperazine rings is 1. The molecule has 0 saturated carbocycles. The van der Waals surface area contributed by atoms with E-state index in [4.69, 9.17) is 0 Å². The normalized spacial score (nSPS) is 15.0. The van der Waals surface area contributed by atoms with Crippen LogP contribution in [-0.4, -0.2) is 61.4 Å². The van der Waals surface area contributed by atoms with E-state index >= 15 is 0 Å². The lowest BCUT2D eigenvalue weighted by atomic mass is 10.1. The van der Waals surface area contributed by atoms with Crippen LogP contribution in [0.5, 0.6) is 0 Å². The summed E-state index contributed by atoms with van der Waals surface area (Å²) in [6, 6.07) is 14.0. The zero-order chi connectivity index (χ0) is 21.5. The van der Waals surface area contributed by atoms with Gasteiger partial charge in [-0.25, -0.2) is 0 Å². The highest BCUT2D eigenvalue weighted by Crippen LogP contribution is 2.11. The fourth-order valence-electron chi connectivity index (χ4n) is 3.73. The Labute approximate surface area is 179 Å². The standard InChI is InChI=1S/C24H32N4O2/c1-18-11-19(2)13-22(12-18)24(30)26-16-23(29)25-15-20-5-4-6-21(14-20)17-28-9-7-27(3)8-10-28/h4-6,11-14H,7-10,15-17H2,1-3H3,(H,25,29)(H,26,30). The van der Waals surface area contributed by atoms with Crippen LogP contribution in [0.4, 0.5) is 0 Å². The number of benzene rings is 2. The van der Waals surface area contributed by atoms with Crippen molar-refractivity contribution in [1.29, 1.82) is 0 Å². The second-order valence-electron chi connectivity index (χ2n) is 8.24. The molecule has 160 valence electrons. The van der Waals surface area contributed by atoms with Crippen molar-refractivity contribution in [2.45, 2.75) is 26.9 Å². The Balaban J connectivity index is 1.44. The third-order valence-corrected chi connectivity index (χ3v) is 5.38. The minimum absolute atomic E-state index is 0.0349. The Morgan fingerprint density at radius 2 is 1.57 bits per heavy atom. The summed E-state index contributed by atoms with van der Waals surface area (Å²) in [4.78, 5) is 29.3. The van der Waals surface area contributed by atoms with Gasteiger partial charge in [-0.1, -0.05) is 41.5 Å². The predicted octanol–water partition coefficient (Wildman–Crippen LogP) is 2.10. The summed E-state index contributed by atoms with van der Waals surface area (Å²) in [6.07, 6.45) is 0. The summed E-state index contributed by atoms with van der Waals surface area (Å²) >= 11 is 0. The van der Waals surface area contributed by atoms with E-state index in [0.717, 1.165) is 49.4 Å². The Morgan fingerprint density at radius 3 is 2.27 bits per heavy atom. The minimum Gasteiger partial charge on any atom is -0.350 e. The van der Waals surface area contributed by atoms with Crippen molar-refractivity contribution < 1.29 is 9.59 Å². The van der Waals surface area contributed by atoms with Crippen molar-refractivity contribution in [2.75, 3.05) is 39.8 Å². The first-order chi connectivity index (χ1) is 14.4. The lowest BCUT2D eigenvalue weighted by Gasteiger charge is -2.32. The summed E-state index contributed by atoms with van der Waals surface area (Å²) < 4.78 is 0. The van der Waals surface area contributed by atoms with Gasteiger partial charge >= 0.3 is 0 Å². The SMILES string of the molecule is Cc1cc(C)cc(C(=O)NCC(=O)NCc2cccc(CN3CCN(C)CC3)c2)c1. The Bertz CT molecular complexity index is 868. The summed E-state index contributed by atoms with van der Waals surface area (Å²) in [5, 5.41) is 5.59. The molecule has 30 heavy (non-hydrogen) atoms. The predicted molar refractivity (Wildman–Crippen MR) is 119 cm³/mol. The number of hydrogen-bond acceptors (Lipinski definition) is 4. The van der Waals surface area contributed by atoms with Crippen molar-refractivity contribution >= 4 is 11.8 Å². The van der Waals surface area contributed by atoms with E-state index in [9.17, 15) is 9.59 Å². The van der Waals surface area contributed by atoms with E-state index in [-0.39, 0.29) is 18.4 Å². The summed E-state index contributed by atoms with van der Waals surface area (Å²) in [6.45, 7) is 9.62. The molecule has 6 heteroatoms. The molecule has 0 spiro atoms. The molecule has 0 bridgehead atoms. The van der Waals surface area contributed by atoms with Crippen molar-refractivity contribution in [1.82, 2.24) is 20.4 Å². The van der Waals surface area contributed by atoms with Crippen LogP contribution in [-0.2, 0) is 17.9 Å². The summed E-state index contributed by atoms with van der Waals surface area (Å²) in [7, 11) is 2.16. The van der Waals surface area contributed by atoms with E-state index in [2.05, 4.69) is 39.6 Å². The number of nitrogens with zero attached hydrogens (tertiary/aromatic N) is 2. The number of nitrogens with one attached hydrogen (secondary N) is 2. The lowest BCUT2D eigenvalue weighted by molar-refractivity contribution is -0.120. The smallest absolute Gasteiger partial charge is 0.251 e. The van der Waals surface area contributed by atoms with Gasteiger partial charge in [-0.05, 0) is 44.2 Å². The first-order valence-corrected chi connectivity index (χ1v) is 10.5. The molecule has 0 aliphatic carbocycles. The second-order valence-corrected chi connectivity index (χ2v) is 8.24. The van der Waals surface area contributed by atoms with Gasteiger partial charge in [0.1, 0.15) is 0 Å². The number of carbonyl (C=O) groups is 2. The number of carbonyl (C=O) groups excluding carboxylic acids is 2. The Hall–Kier alpha value is -2.70. The van der Waals surface area contributed by atoms with Gasteiger partial charge in [0.15, 0.2) is 0 Å². The van der Waals surface area contributed by atoms with Gasteiger partial charge in [0.2, 0.25) is 5.91 Å². The highest BCUT2D eigenvalue weighted by atomic mass is 16.2. The molecule has 0 radical (unpaired) electrons. The Morgan fingerprint density at radius 1 is 0.900 bits per heavy atom. The zero-order valence-corrected chi connectivity index (χ0v) is 18.2. The first-order valence-electron chi connectivity index (χ1n) is 10.5. The molecule has 0 unspecified atom stereocenters. The fourth-order valence-corrected chi connectivity index (χ4v) is 3.73. The van der Waals surface area contributed by atoms with Crippen LogP contribution in [0.3, 0.4) is 0 Å². The molecule has 1 fully saturated rings. The molecule has 2 N–H and O–H groups in total. The van der Waals surface area contributed by atoms with Crippen LogP contribution in [0.2, 0.25) is 0 Å². The largest absolute Gasteiger partial charge is 0.350 e. The average Bonchev–Trinajstić information content (AvgIpc) is 2.72. The molecule has 0 atom stereocenters. The van der Waals surface area contributed by atoms with Crippen LogP contribution in [0, 0.1) is 13.8 Å². The molecule has 2 amide bonds. The summed E-state index contributed by atoms with van der Waals surface area (Å²) in [5.41, 5.74) is 4.96. The zero-order valence-electron chi connectivity index (χ0n) is 18.2. The lowest BCUT2D eigenvalue weighted by Crippen LogP contribution is -2.43. The molecule has 1 aliphatic heterocycles. The molecular formula is C24H32N4O2. The quantitative estimate of drug-likeness (QED) is 0.737. The highest BCUT2D eigenvalue weighted by molar-refractivity contribution is 5.96. The maximum absolute atomic E-state index is 12.3. The molecule has 2 aromatic rings. The number of hydrogen-bond donors (Lipinski definition) is 2. The van der Waals surface area contributed by atoms with Gasteiger partial charge in [-0.15, -0.1) is 0 Å². The first kappa shape index (κ1) is 22.0. The van der Waals surface area contributed by atoms with Gasteiger partial charge in [-0.3, -0.25) is 14.5 Å². The van der Waals surface area contributed by atoms with Crippen molar-refractivity contribution in [2.24, 2.45) is 0 Å². The average molecular weight is 409 g/mol. The van der Waals surface area contributed by atoms with E-state index < -0.39 is 0 Å². The maximum Gasteiger partial charge on any atom is 0.251 e. The third kappa shape index (κ3) is 6.68. The van der Waals surface area contributed by atoms with E-state index in [1.165, 1.54) is 5.56 Å². The van der Waals surface area contributed by atoms with Gasteiger partial charge in [0.25, 0.3) is 5.91 Å². The summed E-state index contributed by atoms with van der Waals surface area (Å²) in [5.74, 6) is -0.427. The molecular weight excluding hydrogens is 376 g/mol. The molecule has 1 heterocycles. The van der Waals surface area contributed by atoms with Gasteiger partial charge < -0.3 is 15.5 Å². The second kappa shape index (κ2) is 10.4. The Kier molecular flexibility index (Phi) is 7.60. The molecule has 1 aliphatic rings.